The maximum Gasteiger partial charge on any atom is 0.328 e. The molecule has 3 atom stereocenters. The molecule has 15 heteroatoms. The Labute approximate surface area is 336 Å². The van der Waals surface area contributed by atoms with E-state index in [2.05, 4.69) is 31.9 Å². The predicted octanol–water partition coefficient (Wildman–Crippen LogP) is 3.25. The summed E-state index contributed by atoms with van der Waals surface area (Å²) in [5, 5.41) is 16.5. The van der Waals surface area contributed by atoms with E-state index in [4.69, 9.17) is 4.74 Å². The van der Waals surface area contributed by atoms with Crippen LogP contribution in [0.3, 0.4) is 0 Å². The zero-order valence-electron chi connectivity index (χ0n) is 32.6. The van der Waals surface area contributed by atoms with Crippen LogP contribution >= 0.6 is 0 Å². The highest BCUT2D eigenvalue weighted by molar-refractivity contribution is 6.01. The monoisotopic (exact) mass is 798 g/mol. The second-order valence-electron chi connectivity index (χ2n) is 15.0. The van der Waals surface area contributed by atoms with Crippen molar-refractivity contribution < 1.29 is 42.7 Å². The van der Waals surface area contributed by atoms with Crippen molar-refractivity contribution in [1.29, 1.82) is 0 Å². The number of esters is 1. The van der Waals surface area contributed by atoms with E-state index in [1.54, 1.807) is 66.7 Å². The van der Waals surface area contributed by atoms with Gasteiger partial charge in [0.2, 0.25) is 29.5 Å². The molecule has 58 heavy (non-hydrogen) atoms. The standard InChI is InChI=1S/C43H51FN6O8/c1-58-42(57)33-15-7-10-22-45-38(53)27-46-40(55)34(49-37(52)26-43(20-8-9-21-43)25-36(51)48-33)23-28-16-18-31(19-17-28)47-41(56)35(24-30-13-5-6-14-32(30)44)50-39(54)29-11-3-2-4-12-29/h2-6,11-14,16-19,33-35H,7-10,15,20-27H2,1H3,(H,45,53)(H,46,55)(H,47,56)(H,48,51)(H,49,52)(H,50,54)/t33-,34-,35+/m1/s1. The summed E-state index contributed by atoms with van der Waals surface area (Å²) >= 11 is 0. The van der Waals surface area contributed by atoms with Crippen molar-refractivity contribution in [2.45, 2.75) is 88.8 Å². The summed E-state index contributed by atoms with van der Waals surface area (Å²) in [7, 11) is 1.25. The predicted molar refractivity (Wildman–Crippen MR) is 212 cm³/mol. The zero-order chi connectivity index (χ0) is 41.5. The van der Waals surface area contributed by atoms with Crippen molar-refractivity contribution in [1.82, 2.24) is 26.6 Å². The molecule has 1 aliphatic heterocycles. The molecule has 0 aromatic heterocycles. The lowest BCUT2D eigenvalue weighted by atomic mass is 9.78. The summed E-state index contributed by atoms with van der Waals surface area (Å²) in [5.74, 6) is -3.97. The molecule has 14 nitrogen and oxygen atoms in total. The molecule has 6 N–H and O–H groups in total. The number of benzene rings is 3. The van der Waals surface area contributed by atoms with Crippen LogP contribution in [0.4, 0.5) is 10.1 Å². The van der Waals surface area contributed by atoms with Crippen LogP contribution < -0.4 is 31.9 Å². The van der Waals surface area contributed by atoms with E-state index in [-0.39, 0.29) is 50.2 Å². The Morgan fingerprint density at radius 2 is 1.48 bits per heavy atom. The summed E-state index contributed by atoms with van der Waals surface area (Å²) in [6.45, 7) is -0.0399. The zero-order valence-corrected chi connectivity index (χ0v) is 32.6. The molecule has 2 aliphatic rings. The van der Waals surface area contributed by atoms with Gasteiger partial charge in [-0.3, -0.25) is 28.8 Å². The fraction of sp³-hybridized carbons (Fsp3) is 0.419. The smallest absolute Gasteiger partial charge is 0.328 e. The molecule has 1 heterocycles. The van der Waals surface area contributed by atoms with Crippen molar-refractivity contribution in [3.05, 3.63) is 101 Å². The third kappa shape index (κ3) is 12.7. The molecule has 0 bridgehead atoms. The first-order chi connectivity index (χ1) is 27.9. The van der Waals surface area contributed by atoms with E-state index in [1.807, 2.05) is 0 Å². The fourth-order valence-corrected chi connectivity index (χ4v) is 7.48. The molecule has 1 saturated heterocycles. The number of hydrogen-bond acceptors (Lipinski definition) is 8. The minimum absolute atomic E-state index is 0.0204. The molecule has 0 radical (unpaired) electrons. The first-order valence-corrected chi connectivity index (χ1v) is 19.6. The summed E-state index contributed by atoms with van der Waals surface area (Å²) in [5.41, 5.74) is 0.910. The number of amides is 6. The van der Waals surface area contributed by atoms with Crippen LogP contribution in [0.25, 0.3) is 0 Å². The molecular weight excluding hydrogens is 748 g/mol. The van der Waals surface area contributed by atoms with Gasteiger partial charge in [0.05, 0.1) is 13.7 Å². The van der Waals surface area contributed by atoms with Gasteiger partial charge in [-0.2, -0.15) is 0 Å². The second kappa shape index (κ2) is 20.9. The van der Waals surface area contributed by atoms with Gasteiger partial charge in [-0.05, 0) is 79.0 Å². The largest absolute Gasteiger partial charge is 0.467 e. The molecule has 3 aromatic carbocycles. The van der Waals surface area contributed by atoms with Crippen LogP contribution in [0.2, 0.25) is 0 Å². The Hall–Kier alpha value is -6.12. The molecule has 2 fully saturated rings. The van der Waals surface area contributed by atoms with Crippen molar-refractivity contribution in [3.63, 3.8) is 0 Å². The van der Waals surface area contributed by atoms with Crippen LogP contribution in [0, 0.1) is 11.2 Å². The number of hydrogen-bond donors (Lipinski definition) is 6. The van der Waals surface area contributed by atoms with Gasteiger partial charge in [0.15, 0.2) is 0 Å². The van der Waals surface area contributed by atoms with Crippen molar-refractivity contribution in [3.8, 4) is 0 Å². The van der Waals surface area contributed by atoms with Crippen molar-refractivity contribution in [2.24, 2.45) is 5.41 Å². The van der Waals surface area contributed by atoms with Crippen LogP contribution in [0.15, 0.2) is 78.9 Å². The number of rotatable bonds is 9. The maximum absolute atomic E-state index is 14.6. The lowest BCUT2D eigenvalue weighted by molar-refractivity contribution is -0.145. The van der Waals surface area contributed by atoms with E-state index < -0.39 is 64.9 Å². The molecule has 0 unspecified atom stereocenters. The van der Waals surface area contributed by atoms with Gasteiger partial charge in [-0.25, -0.2) is 9.18 Å². The van der Waals surface area contributed by atoms with E-state index in [0.29, 0.717) is 48.9 Å². The minimum Gasteiger partial charge on any atom is -0.467 e. The van der Waals surface area contributed by atoms with E-state index >= 15 is 0 Å². The van der Waals surface area contributed by atoms with Crippen molar-refractivity contribution >= 4 is 47.1 Å². The first kappa shape index (κ1) is 43.0. The average Bonchev–Trinajstić information content (AvgIpc) is 3.66. The molecule has 5 rings (SSSR count). The highest BCUT2D eigenvalue weighted by Crippen LogP contribution is 2.44. The quantitative estimate of drug-likeness (QED) is 0.177. The third-order valence-corrected chi connectivity index (χ3v) is 10.6. The van der Waals surface area contributed by atoms with Gasteiger partial charge in [-0.1, -0.05) is 61.4 Å². The summed E-state index contributed by atoms with van der Waals surface area (Å²) < 4.78 is 19.5. The Morgan fingerprint density at radius 1 is 0.810 bits per heavy atom. The Balaban J connectivity index is 1.29. The highest BCUT2D eigenvalue weighted by Gasteiger charge is 2.39. The highest BCUT2D eigenvalue weighted by atomic mass is 19.1. The van der Waals surface area contributed by atoms with E-state index in [1.165, 1.54) is 19.2 Å². The van der Waals surface area contributed by atoms with Crippen LogP contribution in [-0.2, 0) is 46.3 Å². The normalized spacial score (nSPS) is 19.9. The number of carbonyl (C=O) groups excluding carboxylic acids is 7. The molecule has 1 aliphatic carbocycles. The molecule has 6 amide bonds. The lowest BCUT2D eigenvalue weighted by Crippen LogP contribution is -2.51. The fourth-order valence-electron chi connectivity index (χ4n) is 7.48. The van der Waals surface area contributed by atoms with Gasteiger partial charge in [0.25, 0.3) is 5.91 Å². The van der Waals surface area contributed by atoms with Crippen LogP contribution in [0.5, 0.6) is 0 Å². The number of ether oxygens (including phenoxy) is 1. The van der Waals surface area contributed by atoms with E-state index in [9.17, 15) is 38.0 Å². The van der Waals surface area contributed by atoms with Gasteiger partial charge in [0, 0.05) is 43.5 Å². The van der Waals surface area contributed by atoms with Crippen molar-refractivity contribution in [2.75, 3.05) is 25.5 Å². The lowest BCUT2D eigenvalue weighted by Gasteiger charge is -2.29. The molecule has 308 valence electrons. The minimum atomic E-state index is -1.13. The number of nitrogens with one attached hydrogen (secondary N) is 6. The van der Waals surface area contributed by atoms with Crippen LogP contribution in [-0.4, -0.2) is 79.7 Å². The topological polar surface area (TPSA) is 201 Å². The number of methoxy groups -OCH3 is 1. The summed E-state index contributed by atoms with van der Waals surface area (Å²) in [6, 6.07) is 17.8. The Bertz CT molecular complexity index is 1940. The Morgan fingerprint density at radius 3 is 2.17 bits per heavy atom. The molecule has 3 aromatic rings. The first-order valence-electron chi connectivity index (χ1n) is 19.6. The van der Waals surface area contributed by atoms with E-state index in [0.717, 1.165) is 12.8 Å². The summed E-state index contributed by atoms with van der Waals surface area (Å²) in [4.78, 5) is 92.1. The molecular formula is C43H51FN6O8. The van der Waals surface area contributed by atoms with Gasteiger partial charge >= 0.3 is 5.97 Å². The maximum atomic E-state index is 14.6. The summed E-state index contributed by atoms with van der Waals surface area (Å²) in [6.07, 6.45) is 4.19. The van der Waals surface area contributed by atoms with Crippen LogP contribution in [0.1, 0.15) is 79.3 Å². The third-order valence-electron chi connectivity index (χ3n) is 10.6. The molecule has 1 spiro atoms. The Kier molecular flexibility index (Phi) is 15.5. The SMILES string of the molecule is COC(=O)[C@H]1CCCCNC(=O)CNC(=O)[C@@H](Cc2ccc(NC(=O)[C@H](Cc3ccccc3F)NC(=O)c3ccccc3)cc2)NC(=O)CC2(CCCC2)CC(=O)N1. The number of anilines is 1. The van der Waals surface area contributed by atoms with Gasteiger partial charge in [0.1, 0.15) is 23.9 Å². The average molecular weight is 799 g/mol. The van der Waals surface area contributed by atoms with Gasteiger partial charge < -0.3 is 36.6 Å². The second-order valence-corrected chi connectivity index (χ2v) is 15.0. The number of carbonyl (C=O) groups is 7. The van der Waals surface area contributed by atoms with Gasteiger partial charge in [-0.15, -0.1) is 0 Å². The number of halogens is 1. The molecule has 1 saturated carbocycles.